The Hall–Kier alpha value is -4.60. The summed E-state index contributed by atoms with van der Waals surface area (Å²) in [7, 11) is 0. The number of benzene rings is 1. The molecule has 0 saturated heterocycles. The van der Waals surface area contributed by atoms with Crippen molar-refractivity contribution in [2.75, 3.05) is 0 Å². The van der Waals surface area contributed by atoms with Crippen LogP contribution in [0.5, 0.6) is 5.75 Å². The molecule has 12 nitrogen and oxygen atoms in total. The van der Waals surface area contributed by atoms with Crippen LogP contribution in [0.1, 0.15) is 43.4 Å². The molecule has 0 aliphatic heterocycles. The largest absolute Gasteiger partial charge is 0.573 e. The van der Waals surface area contributed by atoms with Crippen molar-refractivity contribution in [1.82, 2.24) is 25.0 Å². The van der Waals surface area contributed by atoms with Gasteiger partial charge in [-0.3, -0.25) is 9.59 Å². The summed E-state index contributed by atoms with van der Waals surface area (Å²) in [6.07, 6.45) is -4.97. The van der Waals surface area contributed by atoms with Gasteiger partial charge in [0.05, 0.1) is 0 Å². The number of oxazole rings is 1. The standard InChI is InChI=1S/C20H13F3N6O6S/c1-8(30)11-7-36-12(25-11)6-29-27-13(17(24)31)14(28-29)18-26-15(19(32)33)16(34-18)9-3-2-4-10(5-9)35-20(21,22)23/h2-5,7H,6H2,1H3,(H2,24,31)(H,32,33). The Morgan fingerprint density at radius 2 is 1.94 bits per heavy atom. The third-order valence-electron chi connectivity index (χ3n) is 4.44. The Labute approximate surface area is 202 Å². The molecule has 36 heavy (non-hydrogen) atoms. The van der Waals surface area contributed by atoms with Gasteiger partial charge in [0.1, 0.15) is 23.0 Å². The first-order valence-corrected chi connectivity index (χ1v) is 10.6. The number of nitrogens with zero attached hydrogens (tertiary/aromatic N) is 5. The van der Waals surface area contributed by atoms with Crippen LogP contribution in [0.25, 0.3) is 22.9 Å². The van der Waals surface area contributed by atoms with Gasteiger partial charge in [-0.25, -0.2) is 9.78 Å². The van der Waals surface area contributed by atoms with Crippen LogP contribution in [0.2, 0.25) is 0 Å². The number of carboxylic acids is 1. The zero-order valence-corrected chi connectivity index (χ0v) is 18.8. The van der Waals surface area contributed by atoms with Gasteiger partial charge >= 0.3 is 12.3 Å². The van der Waals surface area contributed by atoms with Crippen LogP contribution in [-0.2, 0) is 6.54 Å². The first-order valence-electron chi connectivity index (χ1n) is 9.72. The van der Waals surface area contributed by atoms with Gasteiger partial charge < -0.3 is 20.0 Å². The van der Waals surface area contributed by atoms with Crippen LogP contribution in [0.15, 0.2) is 34.1 Å². The van der Waals surface area contributed by atoms with E-state index in [4.69, 9.17) is 10.2 Å². The lowest BCUT2D eigenvalue weighted by molar-refractivity contribution is -0.274. The van der Waals surface area contributed by atoms with E-state index in [-0.39, 0.29) is 29.3 Å². The van der Waals surface area contributed by atoms with Crippen molar-refractivity contribution in [2.24, 2.45) is 5.73 Å². The van der Waals surface area contributed by atoms with Crippen molar-refractivity contribution in [3.05, 3.63) is 51.7 Å². The average molecular weight is 522 g/mol. The number of aromatic nitrogens is 5. The number of hydrogen-bond acceptors (Lipinski definition) is 10. The van der Waals surface area contributed by atoms with Gasteiger partial charge in [-0.15, -0.1) is 34.7 Å². The summed E-state index contributed by atoms with van der Waals surface area (Å²) in [5.41, 5.74) is 4.14. The van der Waals surface area contributed by atoms with Crippen LogP contribution in [0.4, 0.5) is 13.2 Å². The zero-order valence-electron chi connectivity index (χ0n) is 17.9. The molecule has 16 heteroatoms. The number of nitrogens with two attached hydrogens (primary N) is 1. The average Bonchev–Trinajstić information content (AvgIpc) is 3.51. The number of hydrogen-bond donors (Lipinski definition) is 2. The molecule has 0 aliphatic carbocycles. The number of Topliss-reactive ketones (excluding diaryl/α,β-unsaturated/α-hetero) is 1. The molecule has 0 radical (unpaired) electrons. The number of halogens is 3. The fourth-order valence-corrected chi connectivity index (χ4v) is 3.80. The van der Waals surface area contributed by atoms with Crippen molar-refractivity contribution in [1.29, 1.82) is 0 Å². The molecule has 3 N–H and O–H groups in total. The fraction of sp³-hybridized carbons (Fsp3) is 0.150. The van der Waals surface area contributed by atoms with Crippen LogP contribution in [0.3, 0.4) is 0 Å². The molecule has 0 atom stereocenters. The van der Waals surface area contributed by atoms with Gasteiger partial charge in [-0.1, -0.05) is 12.1 Å². The minimum atomic E-state index is -4.97. The molecule has 3 heterocycles. The highest BCUT2D eigenvalue weighted by atomic mass is 32.1. The van der Waals surface area contributed by atoms with E-state index in [2.05, 4.69) is 24.9 Å². The minimum Gasteiger partial charge on any atom is -0.476 e. The first-order chi connectivity index (χ1) is 16.9. The second kappa shape index (κ2) is 9.21. The maximum atomic E-state index is 12.6. The second-order valence-corrected chi connectivity index (χ2v) is 7.99. The van der Waals surface area contributed by atoms with Crippen molar-refractivity contribution >= 4 is 29.0 Å². The Kier molecular flexibility index (Phi) is 6.28. The number of rotatable bonds is 8. The molecule has 4 rings (SSSR count). The van der Waals surface area contributed by atoms with Gasteiger partial charge in [0, 0.05) is 17.9 Å². The van der Waals surface area contributed by atoms with Crippen LogP contribution < -0.4 is 10.5 Å². The highest BCUT2D eigenvalue weighted by molar-refractivity contribution is 7.09. The van der Waals surface area contributed by atoms with Crippen molar-refractivity contribution in [3.8, 4) is 28.7 Å². The lowest BCUT2D eigenvalue weighted by Gasteiger charge is -2.09. The third-order valence-corrected chi connectivity index (χ3v) is 5.27. The topological polar surface area (TPSA) is 176 Å². The molecule has 0 spiro atoms. The molecular formula is C20H13F3N6O6S. The molecule has 1 amide bonds. The molecule has 0 saturated carbocycles. The fourth-order valence-electron chi connectivity index (χ4n) is 2.99. The Bertz CT molecular complexity index is 1490. The minimum absolute atomic E-state index is 0.0611. The first kappa shape index (κ1) is 24.5. The molecular weight excluding hydrogens is 509 g/mol. The predicted molar refractivity (Wildman–Crippen MR) is 114 cm³/mol. The molecule has 3 aromatic heterocycles. The number of amides is 1. The number of carbonyl (C=O) groups is 3. The Balaban J connectivity index is 1.75. The molecule has 0 fully saturated rings. The van der Waals surface area contributed by atoms with E-state index in [0.717, 1.165) is 28.3 Å². The van der Waals surface area contributed by atoms with Crippen LogP contribution in [-0.4, -0.2) is 54.1 Å². The molecule has 0 bridgehead atoms. The molecule has 0 unspecified atom stereocenters. The van der Waals surface area contributed by atoms with E-state index in [9.17, 15) is 32.7 Å². The Morgan fingerprint density at radius 3 is 2.56 bits per heavy atom. The number of ketones is 1. The van der Waals surface area contributed by atoms with Crippen LogP contribution in [0, 0.1) is 0 Å². The second-order valence-electron chi connectivity index (χ2n) is 7.05. The number of primary amides is 1. The number of carboxylic acid groups (broad SMARTS) is 1. The van der Waals surface area contributed by atoms with E-state index < -0.39 is 47.0 Å². The van der Waals surface area contributed by atoms with Gasteiger partial charge in [-0.05, 0) is 12.1 Å². The van der Waals surface area contributed by atoms with Gasteiger partial charge in [0.25, 0.3) is 11.8 Å². The van der Waals surface area contributed by atoms with E-state index in [1.54, 1.807) is 0 Å². The quantitative estimate of drug-likeness (QED) is 0.327. The lowest BCUT2D eigenvalue weighted by Crippen LogP contribution is -2.17. The molecule has 186 valence electrons. The summed E-state index contributed by atoms with van der Waals surface area (Å²) in [4.78, 5) is 44.2. The van der Waals surface area contributed by atoms with Gasteiger partial charge in [-0.2, -0.15) is 9.78 Å². The maximum absolute atomic E-state index is 12.6. The highest BCUT2D eigenvalue weighted by Crippen LogP contribution is 2.33. The summed E-state index contributed by atoms with van der Waals surface area (Å²) in [5, 5.41) is 19.6. The van der Waals surface area contributed by atoms with Gasteiger partial charge in [0.15, 0.2) is 28.6 Å². The molecule has 4 aromatic rings. The number of ether oxygens (including phenoxy) is 1. The summed E-state index contributed by atoms with van der Waals surface area (Å²) in [5.74, 6) is -4.34. The summed E-state index contributed by atoms with van der Waals surface area (Å²) >= 11 is 1.15. The molecule has 0 aliphatic rings. The summed E-state index contributed by atoms with van der Waals surface area (Å²) in [6.45, 7) is 1.29. The smallest absolute Gasteiger partial charge is 0.476 e. The van der Waals surface area contributed by atoms with E-state index in [1.165, 1.54) is 24.4 Å². The SMILES string of the molecule is CC(=O)c1csc(Cn2nc(C(N)=O)c(-c3nc(C(=O)O)c(-c4cccc(OC(F)(F)F)c4)o3)n2)n1. The third kappa shape index (κ3) is 5.22. The van der Waals surface area contributed by atoms with Crippen LogP contribution >= 0.6 is 11.3 Å². The number of alkyl halides is 3. The Morgan fingerprint density at radius 1 is 1.19 bits per heavy atom. The van der Waals surface area contributed by atoms with Crippen molar-refractivity contribution in [3.63, 3.8) is 0 Å². The van der Waals surface area contributed by atoms with E-state index >= 15 is 0 Å². The number of thiazole rings is 1. The van der Waals surface area contributed by atoms with Crippen molar-refractivity contribution < 1.29 is 41.8 Å². The van der Waals surface area contributed by atoms with Crippen molar-refractivity contribution in [2.45, 2.75) is 19.8 Å². The maximum Gasteiger partial charge on any atom is 0.573 e. The number of carbonyl (C=O) groups excluding carboxylic acids is 2. The zero-order chi connectivity index (χ0) is 26.2. The highest BCUT2D eigenvalue weighted by Gasteiger charge is 2.32. The monoisotopic (exact) mass is 522 g/mol. The van der Waals surface area contributed by atoms with Gasteiger partial charge in [0.2, 0.25) is 0 Å². The molecule has 1 aromatic carbocycles. The van der Waals surface area contributed by atoms with E-state index in [0.29, 0.717) is 5.01 Å². The van der Waals surface area contributed by atoms with E-state index in [1.807, 2.05) is 0 Å². The lowest BCUT2D eigenvalue weighted by atomic mass is 10.1. The number of aromatic carboxylic acids is 1. The summed E-state index contributed by atoms with van der Waals surface area (Å²) < 4.78 is 47.2. The summed E-state index contributed by atoms with van der Waals surface area (Å²) in [6, 6.07) is 4.40. The normalized spacial score (nSPS) is 11.4. The predicted octanol–water partition coefficient (Wildman–Crippen LogP) is 3.00.